The molecule has 1 aliphatic rings. The lowest BCUT2D eigenvalue weighted by atomic mass is 9.91. The van der Waals surface area contributed by atoms with Gasteiger partial charge >= 0.3 is 5.97 Å². The third kappa shape index (κ3) is 5.15. The minimum absolute atomic E-state index is 0.219. The molecule has 1 aromatic heterocycles. The molecule has 40 heavy (non-hydrogen) atoms. The van der Waals surface area contributed by atoms with E-state index in [2.05, 4.69) is 10.1 Å². The van der Waals surface area contributed by atoms with Crippen LogP contribution in [0.5, 0.6) is 11.5 Å². The Labute approximate surface area is 234 Å². The summed E-state index contributed by atoms with van der Waals surface area (Å²) in [6, 6.07) is 19.3. The zero-order valence-corrected chi connectivity index (χ0v) is 22.6. The molecule has 1 amide bonds. The van der Waals surface area contributed by atoms with Gasteiger partial charge in [0.15, 0.2) is 11.5 Å². The average Bonchev–Trinajstić information content (AvgIpc) is 3.40. The first-order valence-corrected chi connectivity index (χ1v) is 12.9. The molecule has 2 N–H and O–H groups in total. The lowest BCUT2D eigenvalue weighted by Crippen LogP contribution is -2.27. The number of carbonyl (C=O) groups is 2. The fourth-order valence-electron chi connectivity index (χ4n) is 4.97. The monoisotopic (exact) mass is 559 g/mol. The second kappa shape index (κ2) is 11.2. The smallest absolute Gasteiger partial charge is 0.303 e. The van der Waals surface area contributed by atoms with Crippen LogP contribution in [0, 0.1) is 0 Å². The minimum atomic E-state index is -1.09. The molecule has 0 saturated heterocycles. The van der Waals surface area contributed by atoms with Crippen LogP contribution < -0.4 is 15.0 Å². The van der Waals surface area contributed by atoms with Gasteiger partial charge in [-0.05, 0) is 41.5 Å². The van der Waals surface area contributed by atoms with Crippen molar-refractivity contribution >= 4 is 40.1 Å². The molecular weight excluding hydrogens is 534 g/mol. The van der Waals surface area contributed by atoms with Gasteiger partial charge in [-0.1, -0.05) is 48.0 Å². The molecule has 9 nitrogen and oxygen atoms in total. The molecule has 10 heteroatoms. The predicted molar refractivity (Wildman–Crippen MR) is 152 cm³/mol. The Kier molecular flexibility index (Phi) is 7.57. The maximum atomic E-state index is 13.6. The molecule has 1 unspecified atom stereocenters. The molecule has 0 radical (unpaired) electrons. The summed E-state index contributed by atoms with van der Waals surface area (Å²) in [4.78, 5) is 41.1. The van der Waals surface area contributed by atoms with Crippen LogP contribution in [0.1, 0.15) is 36.4 Å². The maximum Gasteiger partial charge on any atom is 0.303 e. The van der Waals surface area contributed by atoms with Crippen molar-refractivity contribution < 1.29 is 24.2 Å². The van der Waals surface area contributed by atoms with Gasteiger partial charge in [0.2, 0.25) is 5.91 Å². The maximum absolute atomic E-state index is 13.6. The number of hydrogen-bond acceptors (Lipinski definition) is 6. The lowest BCUT2D eigenvalue weighted by molar-refractivity contribution is -0.141. The summed E-state index contributed by atoms with van der Waals surface area (Å²) in [6.45, 7) is 0. The van der Waals surface area contributed by atoms with Gasteiger partial charge in [-0.2, -0.15) is 5.10 Å². The number of benzene rings is 3. The lowest BCUT2D eigenvalue weighted by Gasteiger charge is -2.22. The standard InChI is InChI=1S/C30H26ClN3O6/c1-39-24-12-9-18(15-25(24)40-2)23-16-22(33-34(23)26(35)13-14-27(36)37)29-28(17-7-10-19(31)11-8-17)20-5-3-4-6-21(20)32-30(29)38/h3-12,15,23H,13-14,16H2,1-2H3,(H,32,38)(H,36,37). The number of para-hydroxylation sites is 1. The van der Waals surface area contributed by atoms with Crippen LogP contribution in [0.3, 0.4) is 0 Å². The fraction of sp³-hybridized carbons (Fsp3) is 0.200. The van der Waals surface area contributed by atoms with Crippen LogP contribution in [0.25, 0.3) is 22.0 Å². The third-order valence-electron chi connectivity index (χ3n) is 6.85. The van der Waals surface area contributed by atoms with Crippen molar-refractivity contribution in [3.8, 4) is 22.6 Å². The van der Waals surface area contributed by atoms with Crippen molar-refractivity contribution in [1.29, 1.82) is 0 Å². The predicted octanol–water partition coefficient (Wildman–Crippen LogP) is 5.41. The van der Waals surface area contributed by atoms with E-state index in [-0.39, 0.29) is 24.8 Å². The number of fused-ring (bicyclic) bond motifs is 1. The Morgan fingerprint density at radius 2 is 1.73 bits per heavy atom. The topological polar surface area (TPSA) is 121 Å². The van der Waals surface area contributed by atoms with E-state index >= 15 is 0 Å². The molecule has 0 fully saturated rings. The molecule has 5 rings (SSSR count). The zero-order chi connectivity index (χ0) is 28.4. The number of carboxylic acids is 1. The van der Waals surface area contributed by atoms with Gasteiger partial charge in [0.05, 0.1) is 38.0 Å². The summed E-state index contributed by atoms with van der Waals surface area (Å²) in [7, 11) is 3.04. The number of carboxylic acid groups (broad SMARTS) is 1. The fourth-order valence-corrected chi connectivity index (χ4v) is 5.10. The molecule has 4 aromatic rings. The number of H-pyrrole nitrogens is 1. The molecule has 1 aliphatic heterocycles. The van der Waals surface area contributed by atoms with Crippen LogP contribution >= 0.6 is 11.6 Å². The van der Waals surface area contributed by atoms with Gasteiger partial charge in [0.25, 0.3) is 5.56 Å². The summed E-state index contributed by atoms with van der Waals surface area (Å²) >= 11 is 6.16. The Morgan fingerprint density at radius 3 is 2.42 bits per heavy atom. The third-order valence-corrected chi connectivity index (χ3v) is 7.11. The first kappa shape index (κ1) is 27.0. The number of methoxy groups -OCH3 is 2. The van der Waals surface area contributed by atoms with Crippen molar-refractivity contribution in [2.45, 2.75) is 25.3 Å². The van der Waals surface area contributed by atoms with Crippen molar-refractivity contribution in [3.05, 3.63) is 93.2 Å². The number of pyridine rings is 1. The Balaban J connectivity index is 1.68. The molecule has 3 aromatic carbocycles. The second-order valence-electron chi connectivity index (χ2n) is 9.27. The Hall–Kier alpha value is -4.63. The number of nitrogens with one attached hydrogen (secondary N) is 1. The summed E-state index contributed by atoms with van der Waals surface area (Å²) in [5.74, 6) is -0.570. The van der Waals surface area contributed by atoms with E-state index in [0.29, 0.717) is 44.4 Å². The van der Waals surface area contributed by atoms with E-state index in [0.717, 1.165) is 10.9 Å². The number of hydrogen-bond donors (Lipinski definition) is 2. The van der Waals surface area contributed by atoms with E-state index in [9.17, 15) is 19.5 Å². The number of ether oxygens (including phenoxy) is 2. The van der Waals surface area contributed by atoms with E-state index < -0.39 is 17.9 Å². The highest BCUT2D eigenvalue weighted by molar-refractivity contribution is 6.30. The number of amides is 1. The SMILES string of the molecule is COc1ccc(C2CC(c3c(-c4ccc(Cl)cc4)c4ccccc4[nH]c3=O)=NN2C(=O)CCC(=O)O)cc1OC. The number of carbonyl (C=O) groups excluding carboxylic acids is 1. The summed E-state index contributed by atoms with van der Waals surface area (Å²) < 4.78 is 10.8. The number of rotatable bonds is 8. The number of aliphatic carboxylic acids is 1. The van der Waals surface area contributed by atoms with E-state index in [1.165, 1.54) is 19.2 Å². The van der Waals surface area contributed by atoms with Gasteiger partial charge < -0.3 is 19.6 Å². The first-order chi connectivity index (χ1) is 19.3. The largest absolute Gasteiger partial charge is 0.493 e. The van der Waals surface area contributed by atoms with Crippen LogP contribution in [0.4, 0.5) is 0 Å². The molecule has 2 heterocycles. The Bertz CT molecular complexity index is 1700. The van der Waals surface area contributed by atoms with Crippen LogP contribution in [0.2, 0.25) is 5.02 Å². The number of halogens is 1. The number of nitrogens with zero attached hydrogens (tertiary/aromatic N) is 2. The summed E-state index contributed by atoms with van der Waals surface area (Å²) in [5.41, 5.74) is 3.17. The minimum Gasteiger partial charge on any atom is -0.493 e. The van der Waals surface area contributed by atoms with Gasteiger partial charge in [-0.3, -0.25) is 14.4 Å². The summed E-state index contributed by atoms with van der Waals surface area (Å²) in [5, 5.41) is 16.5. The highest BCUT2D eigenvalue weighted by Gasteiger charge is 2.36. The van der Waals surface area contributed by atoms with Crippen LogP contribution in [-0.2, 0) is 9.59 Å². The van der Waals surface area contributed by atoms with Gasteiger partial charge in [0.1, 0.15) is 0 Å². The molecule has 0 bridgehead atoms. The quantitative estimate of drug-likeness (QED) is 0.298. The number of aromatic nitrogens is 1. The van der Waals surface area contributed by atoms with Crippen molar-refractivity contribution in [3.63, 3.8) is 0 Å². The van der Waals surface area contributed by atoms with Gasteiger partial charge in [-0.25, -0.2) is 5.01 Å². The van der Waals surface area contributed by atoms with Crippen molar-refractivity contribution in [2.24, 2.45) is 5.10 Å². The highest BCUT2D eigenvalue weighted by Crippen LogP contribution is 2.39. The molecule has 0 saturated carbocycles. The molecule has 204 valence electrons. The van der Waals surface area contributed by atoms with Gasteiger partial charge in [0, 0.05) is 34.3 Å². The van der Waals surface area contributed by atoms with E-state index in [1.54, 1.807) is 30.3 Å². The van der Waals surface area contributed by atoms with Crippen LogP contribution in [0.15, 0.2) is 76.6 Å². The van der Waals surface area contributed by atoms with E-state index in [1.807, 2.05) is 36.4 Å². The average molecular weight is 560 g/mol. The normalized spacial score (nSPS) is 14.7. The van der Waals surface area contributed by atoms with E-state index in [4.69, 9.17) is 21.1 Å². The van der Waals surface area contributed by atoms with Crippen molar-refractivity contribution in [2.75, 3.05) is 14.2 Å². The molecule has 0 aliphatic carbocycles. The Morgan fingerprint density at radius 1 is 1.00 bits per heavy atom. The van der Waals surface area contributed by atoms with Crippen LogP contribution in [-0.4, -0.2) is 46.9 Å². The first-order valence-electron chi connectivity index (χ1n) is 12.5. The van der Waals surface area contributed by atoms with Crippen molar-refractivity contribution in [1.82, 2.24) is 9.99 Å². The molecular formula is C30H26ClN3O6. The molecule has 0 spiro atoms. The second-order valence-corrected chi connectivity index (χ2v) is 9.71. The summed E-state index contributed by atoms with van der Waals surface area (Å²) in [6.07, 6.45) is -0.365. The zero-order valence-electron chi connectivity index (χ0n) is 21.8. The number of aromatic amines is 1. The number of hydrazone groups is 1. The molecule has 1 atom stereocenters. The highest BCUT2D eigenvalue weighted by atomic mass is 35.5. The van der Waals surface area contributed by atoms with Gasteiger partial charge in [-0.15, -0.1) is 0 Å².